The predicted octanol–water partition coefficient (Wildman–Crippen LogP) is -0.278. The topological polar surface area (TPSA) is 144 Å². The SMILES string of the molecule is CC(C)C(NS(=O)(=O)c1cccc(S(N)(=O)=O)c1)C(=O)O. The van der Waals surface area contributed by atoms with Crippen molar-refractivity contribution >= 4 is 26.0 Å². The Morgan fingerprint density at radius 1 is 1.19 bits per heavy atom. The summed E-state index contributed by atoms with van der Waals surface area (Å²) < 4.78 is 48.7. The number of hydrogen-bond donors (Lipinski definition) is 3. The molecule has 0 aliphatic heterocycles. The second-order valence-electron chi connectivity index (χ2n) is 4.70. The molecule has 118 valence electrons. The molecule has 4 N–H and O–H groups in total. The molecule has 0 aliphatic rings. The largest absolute Gasteiger partial charge is 0.480 e. The first-order valence-electron chi connectivity index (χ1n) is 5.83. The van der Waals surface area contributed by atoms with Crippen molar-refractivity contribution in [2.45, 2.75) is 29.7 Å². The van der Waals surface area contributed by atoms with Crippen molar-refractivity contribution in [3.63, 3.8) is 0 Å². The van der Waals surface area contributed by atoms with Gasteiger partial charge in [-0.1, -0.05) is 19.9 Å². The van der Waals surface area contributed by atoms with Crippen LogP contribution in [-0.4, -0.2) is 34.0 Å². The lowest BCUT2D eigenvalue weighted by Crippen LogP contribution is -2.44. The fourth-order valence-corrected chi connectivity index (χ4v) is 3.54. The number of primary sulfonamides is 1. The third-order valence-electron chi connectivity index (χ3n) is 2.66. The van der Waals surface area contributed by atoms with E-state index in [0.29, 0.717) is 0 Å². The van der Waals surface area contributed by atoms with E-state index in [0.717, 1.165) is 18.2 Å². The smallest absolute Gasteiger partial charge is 0.322 e. The summed E-state index contributed by atoms with van der Waals surface area (Å²) in [4.78, 5) is 10.3. The molecule has 0 fully saturated rings. The quantitative estimate of drug-likeness (QED) is 0.652. The molecule has 0 aliphatic carbocycles. The van der Waals surface area contributed by atoms with E-state index in [9.17, 15) is 21.6 Å². The van der Waals surface area contributed by atoms with Crippen LogP contribution in [0.5, 0.6) is 0 Å². The Kier molecular flexibility index (Phi) is 5.10. The maximum Gasteiger partial charge on any atom is 0.322 e. The van der Waals surface area contributed by atoms with Crippen LogP contribution < -0.4 is 9.86 Å². The number of nitrogens with two attached hydrogens (primary N) is 1. The van der Waals surface area contributed by atoms with Crippen LogP contribution in [0.4, 0.5) is 0 Å². The van der Waals surface area contributed by atoms with Gasteiger partial charge in [0.1, 0.15) is 6.04 Å². The second kappa shape index (κ2) is 6.10. The number of hydrogen-bond acceptors (Lipinski definition) is 5. The summed E-state index contributed by atoms with van der Waals surface area (Å²) >= 11 is 0. The Morgan fingerprint density at radius 2 is 1.71 bits per heavy atom. The third kappa shape index (κ3) is 4.49. The van der Waals surface area contributed by atoms with Gasteiger partial charge in [-0.25, -0.2) is 22.0 Å². The fourth-order valence-electron chi connectivity index (χ4n) is 1.53. The van der Waals surface area contributed by atoms with Crippen LogP contribution in [0.1, 0.15) is 13.8 Å². The van der Waals surface area contributed by atoms with Crippen molar-refractivity contribution in [2.24, 2.45) is 11.1 Å². The van der Waals surface area contributed by atoms with Crippen LogP contribution >= 0.6 is 0 Å². The summed E-state index contributed by atoms with van der Waals surface area (Å²) in [6, 6.07) is 3.05. The molecule has 0 spiro atoms. The van der Waals surface area contributed by atoms with Gasteiger partial charge in [0.15, 0.2) is 0 Å². The number of sulfonamides is 2. The summed E-state index contributed by atoms with van der Waals surface area (Å²) in [6.07, 6.45) is 0. The average Bonchev–Trinajstić information content (AvgIpc) is 2.34. The Bertz CT molecular complexity index is 740. The minimum Gasteiger partial charge on any atom is -0.480 e. The maximum atomic E-state index is 12.1. The van der Waals surface area contributed by atoms with E-state index in [4.69, 9.17) is 10.2 Å². The maximum absolute atomic E-state index is 12.1. The van der Waals surface area contributed by atoms with Gasteiger partial charge in [-0.15, -0.1) is 0 Å². The molecule has 1 atom stereocenters. The molecule has 0 radical (unpaired) electrons. The van der Waals surface area contributed by atoms with Crippen molar-refractivity contribution in [2.75, 3.05) is 0 Å². The van der Waals surface area contributed by atoms with Crippen molar-refractivity contribution in [1.29, 1.82) is 0 Å². The van der Waals surface area contributed by atoms with E-state index in [1.54, 1.807) is 13.8 Å². The number of benzene rings is 1. The highest BCUT2D eigenvalue weighted by Gasteiger charge is 2.28. The monoisotopic (exact) mass is 336 g/mol. The van der Waals surface area contributed by atoms with E-state index in [1.807, 2.05) is 4.72 Å². The highest BCUT2D eigenvalue weighted by Crippen LogP contribution is 2.16. The molecule has 1 rings (SSSR count). The summed E-state index contributed by atoms with van der Waals surface area (Å²) in [5, 5.41) is 13.9. The average molecular weight is 336 g/mol. The molecule has 8 nitrogen and oxygen atoms in total. The van der Waals surface area contributed by atoms with Crippen molar-refractivity contribution < 1.29 is 26.7 Å². The Hall–Kier alpha value is -1.49. The van der Waals surface area contributed by atoms with E-state index in [2.05, 4.69) is 0 Å². The zero-order chi connectivity index (χ0) is 16.4. The highest BCUT2D eigenvalue weighted by atomic mass is 32.2. The van der Waals surface area contributed by atoms with E-state index in [-0.39, 0.29) is 9.79 Å². The van der Waals surface area contributed by atoms with Gasteiger partial charge in [-0.05, 0) is 24.1 Å². The predicted molar refractivity (Wildman–Crippen MR) is 74.4 cm³/mol. The molecular weight excluding hydrogens is 320 g/mol. The molecular formula is C11H16N2O6S2. The van der Waals surface area contributed by atoms with Gasteiger partial charge in [-0.3, -0.25) is 4.79 Å². The normalized spacial score (nSPS) is 14.1. The number of rotatable bonds is 6. The molecule has 21 heavy (non-hydrogen) atoms. The molecule has 0 saturated heterocycles. The molecule has 0 amide bonds. The van der Waals surface area contributed by atoms with Gasteiger partial charge < -0.3 is 5.11 Å². The van der Waals surface area contributed by atoms with Gasteiger partial charge in [-0.2, -0.15) is 4.72 Å². The number of carbonyl (C=O) groups is 1. The Labute approximate surface area is 123 Å². The standard InChI is InChI=1S/C11H16N2O6S2/c1-7(2)10(11(14)15)13-21(18,19)9-5-3-4-8(6-9)20(12,16)17/h3-7,10,13H,1-2H3,(H,14,15)(H2,12,16,17). The number of carboxylic acid groups (broad SMARTS) is 1. The van der Waals surface area contributed by atoms with Gasteiger partial charge in [0, 0.05) is 0 Å². The van der Waals surface area contributed by atoms with Crippen LogP contribution in [0.3, 0.4) is 0 Å². The highest BCUT2D eigenvalue weighted by molar-refractivity contribution is 7.90. The fraction of sp³-hybridized carbons (Fsp3) is 0.364. The number of nitrogens with one attached hydrogen (secondary N) is 1. The second-order valence-corrected chi connectivity index (χ2v) is 7.98. The van der Waals surface area contributed by atoms with Gasteiger partial charge in [0.05, 0.1) is 9.79 Å². The summed E-state index contributed by atoms with van der Waals surface area (Å²) in [6.45, 7) is 3.09. The molecule has 0 heterocycles. The lowest BCUT2D eigenvalue weighted by Gasteiger charge is -2.18. The molecule has 0 bridgehead atoms. The first-order chi connectivity index (χ1) is 9.45. The number of carboxylic acids is 1. The van der Waals surface area contributed by atoms with Crippen molar-refractivity contribution in [3.8, 4) is 0 Å². The van der Waals surface area contributed by atoms with Crippen LogP contribution in [-0.2, 0) is 24.8 Å². The Balaban J connectivity index is 3.23. The summed E-state index contributed by atoms with van der Waals surface area (Å²) in [5.74, 6) is -1.81. The van der Waals surface area contributed by atoms with E-state index in [1.165, 1.54) is 6.07 Å². The summed E-state index contributed by atoms with van der Waals surface area (Å²) in [7, 11) is -8.24. The first-order valence-corrected chi connectivity index (χ1v) is 8.86. The molecule has 1 unspecified atom stereocenters. The molecule has 1 aromatic carbocycles. The third-order valence-corrected chi connectivity index (χ3v) is 5.01. The molecule has 0 aromatic heterocycles. The van der Waals surface area contributed by atoms with Crippen molar-refractivity contribution in [3.05, 3.63) is 24.3 Å². The van der Waals surface area contributed by atoms with Gasteiger partial charge in [0.25, 0.3) is 0 Å². The molecule has 10 heteroatoms. The minimum absolute atomic E-state index is 0.373. The zero-order valence-electron chi connectivity index (χ0n) is 11.3. The van der Waals surface area contributed by atoms with Gasteiger partial charge in [0.2, 0.25) is 20.0 Å². The minimum atomic E-state index is -4.18. The van der Waals surface area contributed by atoms with Crippen LogP contribution in [0.15, 0.2) is 34.1 Å². The summed E-state index contributed by atoms with van der Waals surface area (Å²) in [5.41, 5.74) is 0. The lowest BCUT2D eigenvalue weighted by molar-refractivity contribution is -0.140. The first kappa shape index (κ1) is 17.6. The van der Waals surface area contributed by atoms with Crippen LogP contribution in [0.2, 0.25) is 0 Å². The van der Waals surface area contributed by atoms with E-state index >= 15 is 0 Å². The lowest BCUT2D eigenvalue weighted by atomic mass is 10.1. The molecule has 1 aromatic rings. The van der Waals surface area contributed by atoms with E-state index < -0.39 is 38.0 Å². The van der Waals surface area contributed by atoms with Crippen LogP contribution in [0.25, 0.3) is 0 Å². The zero-order valence-corrected chi connectivity index (χ0v) is 13.0. The number of aliphatic carboxylic acids is 1. The van der Waals surface area contributed by atoms with Crippen molar-refractivity contribution in [1.82, 2.24) is 4.72 Å². The van der Waals surface area contributed by atoms with Gasteiger partial charge >= 0.3 is 5.97 Å². The Morgan fingerprint density at radius 3 is 2.14 bits per heavy atom. The van der Waals surface area contributed by atoms with Crippen LogP contribution in [0, 0.1) is 5.92 Å². The molecule has 0 saturated carbocycles.